The molecule has 178 valence electrons. The number of amides is 1. The van der Waals surface area contributed by atoms with Crippen LogP contribution in [0.1, 0.15) is 40.2 Å². The van der Waals surface area contributed by atoms with E-state index in [1.807, 2.05) is 70.3 Å². The summed E-state index contributed by atoms with van der Waals surface area (Å²) in [4.78, 5) is 27.8. The molecule has 6 nitrogen and oxygen atoms in total. The van der Waals surface area contributed by atoms with Crippen LogP contribution in [-0.4, -0.2) is 23.8 Å². The Hall–Kier alpha value is -3.03. The molecule has 0 atom stereocenters. The lowest BCUT2D eigenvalue weighted by molar-refractivity contribution is 0.0470. The zero-order valence-corrected chi connectivity index (χ0v) is 21.5. The second-order valence-electron chi connectivity index (χ2n) is 9.63. The van der Waals surface area contributed by atoms with E-state index in [4.69, 9.17) is 21.1 Å². The molecule has 4 aromatic rings. The van der Waals surface area contributed by atoms with Crippen LogP contribution in [0.15, 0.2) is 46.6 Å². The van der Waals surface area contributed by atoms with Crippen LogP contribution >= 0.6 is 22.9 Å². The van der Waals surface area contributed by atoms with E-state index in [9.17, 15) is 9.59 Å². The highest BCUT2D eigenvalue weighted by Gasteiger charge is 2.27. The largest absolute Gasteiger partial charge is 0.496 e. The number of nitrogens with one attached hydrogen (secondary N) is 2. The summed E-state index contributed by atoms with van der Waals surface area (Å²) in [7, 11) is 1.60. The molecule has 2 heterocycles. The van der Waals surface area contributed by atoms with Gasteiger partial charge < -0.3 is 19.8 Å². The molecule has 0 bridgehead atoms. The van der Waals surface area contributed by atoms with Crippen molar-refractivity contribution in [3.05, 3.63) is 62.7 Å². The number of carbonyl (C=O) groups is 1. The number of ether oxygens (including phenoxy) is 2. The first-order valence-electron chi connectivity index (χ1n) is 10.8. The topological polar surface area (TPSA) is 80.4 Å². The fraction of sp³-hybridized carbons (Fsp3) is 0.308. The molecule has 0 saturated carbocycles. The van der Waals surface area contributed by atoms with Crippen molar-refractivity contribution in [3.63, 3.8) is 0 Å². The highest BCUT2D eigenvalue weighted by Crippen LogP contribution is 2.43. The number of hydrogen-bond acceptors (Lipinski definition) is 5. The summed E-state index contributed by atoms with van der Waals surface area (Å²) in [6.07, 6.45) is -0.476. The average Bonchev–Trinajstić information content (AvgIpc) is 3.23. The van der Waals surface area contributed by atoms with Crippen LogP contribution in [-0.2, 0) is 10.3 Å². The number of halogens is 1. The minimum absolute atomic E-state index is 0.166. The Labute approximate surface area is 206 Å². The summed E-state index contributed by atoms with van der Waals surface area (Å²) in [6, 6.07) is 11.5. The molecular formula is C26H27ClN2O4S. The maximum absolute atomic E-state index is 12.6. The Morgan fingerprint density at radius 2 is 1.76 bits per heavy atom. The monoisotopic (exact) mass is 498 g/mol. The second kappa shape index (κ2) is 8.64. The van der Waals surface area contributed by atoms with Crippen LogP contribution in [0.5, 0.6) is 5.75 Å². The molecule has 2 aromatic heterocycles. The Kier molecular flexibility index (Phi) is 6.12. The van der Waals surface area contributed by atoms with Gasteiger partial charge >= 0.3 is 6.09 Å². The summed E-state index contributed by atoms with van der Waals surface area (Å²) in [5.74, 6) is 0.607. The van der Waals surface area contributed by atoms with Gasteiger partial charge in [-0.25, -0.2) is 4.79 Å². The van der Waals surface area contributed by atoms with Gasteiger partial charge in [0.2, 0.25) is 0 Å². The predicted octanol–water partition coefficient (Wildman–Crippen LogP) is 6.83. The first kappa shape index (κ1) is 24.1. The smallest absolute Gasteiger partial charge is 0.408 e. The van der Waals surface area contributed by atoms with Crippen LogP contribution in [0.3, 0.4) is 0 Å². The molecule has 0 unspecified atom stereocenters. The van der Waals surface area contributed by atoms with Crippen molar-refractivity contribution < 1.29 is 14.3 Å². The minimum Gasteiger partial charge on any atom is -0.496 e. The van der Waals surface area contributed by atoms with E-state index in [0.29, 0.717) is 21.0 Å². The zero-order valence-electron chi connectivity index (χ0n) is 20.0. The molecule has 0 fully saturated rings. The normalized spacial score (nSPS) is 12.2. The fourth-order valence-electron chi connectivity index (χ4n) is 4.00. The number of alkyl carbamates (subject to hydrolysis) is 1. The molecule has 0 radical (unpaired) electrons. The molecule has 2 N–H and O–H groups in total. The van der Waals surface area contributed by atoms with E-state index in [1.165, 1.54) is 11.3 Å². The zero-order chi connectivity index (χ0) is 24.8. The summed E-state index contributed by atoms with van der Waals surface area (Å²) in [5.41, 5.74) is 1.82. The van der Waals surface area contributed by atoms with Gasteiger partial charge in [-0.1, -0.05) is 35.9 Å². The van der Waals surface area contributed by atoms with Gasteiger partial charge in [-0.05, 0) is 57.2 Å². The van der Waals surface area contributed by atoms with E-state index in [2.05, 4.69) is 10.3 Å². The summed E-state index contributed by atoms with van der Waals surface area (Å²) in [5, 5.41) is 6.91. The standard InChI is InChI=1S/C26H27ClN2O4S/c1-25(2,3)33-24(31)29-26(4,5)15-9-7-14(8-10-15)19-18(32-6)13-17(27)21-20(19)16-11-12-34-22(16)23(30)28-21/h7-13H,1-6H3,(H,28,30)(H,29,31). The Bertz CT molecular complexity index is 1450. The number of methoxy groups -OCH3 is 1. The van der Waals surface area contributed by atoms with Crippen LogP contribution < -0.4 is 15.6 Å². The Morgan fingerprint density at radius 3 is 2.38 bits per heavy atom. The maximum Gasteiger partial charge on any atom is 0.408 e. The van der Waals surface area contributed by atoms with Crippen LogP contribution in [0.4, 0.5) is 4.79 Å². The summed E-state index contributed by atoms with van der Waals surface area (Å²) >= 11 is 7.91. The van der Waals surface area contributed by atoms with Gasteiger partial charge in [-0.2, -0.15) is 0 Å². The van der Waals surface area contributed by atoms with Gasteiger partial charge in [0.25, 0.3) is 5.56 Å². The molecule has 0 aliphatic carbocycles. The van der Waals surface area contributed by atoms with Crippen molar-refractivity contribution in [2.75, 3.05) is 7.11 Å². The Balaban J connectivity index is 1.82. The molecule has 2 aromatic carbocycles. The lowest BCUT2D eigenvalue weighted by Gasteiger charge is -2.29. The fourth-order valence-corrected chi connectivity index (χ4v) is 5.04. The molecule has 0 aliphatic heterocycles. The van der Waals surface area contributed by atoms with E-state index >= 15 is 0 Å². The quantitative estimate of drug-likeness (QED) is 0.323. The number of aromatic amines is 1. The number of aromatic nitrogens is 1. The third-order valence-corrected chi connectivity index (χ3v) is 6.76. The van der Waals surface area contributed by atoms with E-state index in [-0.39, 0.29) is 5.56 Å². The number of rotatable bonds is 4. The number of H-pyrrole nitrogens is 1. The molecule has 0 spiro atoms. The first-order valence-corrected chi connectivity index (χ1v) is 12.1. The van der Waals surface area contributed by atoms with Gasteiger partial charge in [0, 0.05) is 22.4 Å². The number of hydrogen-bond donors (Lipinski definition) is 2. The average molecular weight is 499 g/mol. The van der Waals surface area contributed by atoms with Crippen molar-refractivity contribution in [1.29, 1.82) is 0 Å². The molecule has 0 saturated heterocycles. The molecule has 34 heavy (non-hydrogen) atoms. The van der Waals surface area contributed by atoms with Crippen molar-refractivity contribution >= 4 is 50.0 Å². The Morgan fingerprint density at radius 1 is 1.09 bits per heavy atom. The van der Waals surface area contributed by atoms with E-state index < -0.39 is 17.2 Å². The maximum atomic E-state index is 12.6. The number of fused-ring (bicyclic) bond motifs is 3. The van der Waals surface area contributed by atoms with Crippen molar-refractivity contribution in [2.24, 2.45) is 0 Å². The highest BCUT2D eigenvalue weighted by atomic mass is 35.5. The highest BCUT2D eigenvalue weighted by molar-refractivity contribution is 7.17. The van der Waals surface area contributed by atoms with Gasteiger partial charge in [0.05, 0.1) is 23.2 Å². The van der Waals surface area contributed by atoms with Crippen molar-refractivity contribution in [2.45, 2.75) is 45.8 Å². The van der Waals surface area contributed by atoms with Crippen LogP contribution in [0.25, 0.3) is 32.1 Å². The second-order valence-corrected chi connectivity index (χ2v) is 11.0. The van der Waals surface area contributed by atoms with Gasteiger partial charge in [-0.15, -0.1) is 11.3 Å². The third kappa shape index (κ3) is 4.50. The molecule has 0 aliphatic rings. The molecule has 4 rings (SSSR count). The predicted molar refractivity (Wildman–Crippen MR) is 139 cm³/mol. The minimum atomic E-state index is -0.654. The lowest BCUT2D eigenvalue weighted by Crippen LogP contribution is -2.43. The molecular weight excluding hydrogens is 472 g/mol. The van der Waals surface area contributed by atoms with Crippen LogP contribution in [0.2, 0.25) is 5.02 Å². The van der Waals surface area contributed by atoms with Crippen LogP contribution in [0, 0.1) is 0 Å². The van der Waals surface area contributed by atoms with Crippen molar-refractivity contribution in [3.8, 4) is 16.9 Å². The third-order valence-electron chi connectivity index (χ3n) is 5.55. The number of benzene rings is 2. The van der Waals surface area contributed by atoms with Crippen molar-refractivity contribution in [1.82, 2.24) is 10.3 Å². The first-order chi connectivity index (χ1) is 15.9. The van der Waals surface area contributed by atoms with Gasteiger partial charge in [0.15, 0.2) is 0 Å². The van der Waals surface area contributed by atoms with E-state index in [0.717, 1.165) is 27.5 Å². The molecule has 8 heteroatoms. The summed E-state index contributed by atoms with van der Waals surface area (Å²) in [6.45, 7) is 9.33. The van der Waals surface area contributed by atoms with Gasteiger partial charge in [-0.3, -0.25) is 4.79 Å². The summed E-state index contributed by atoms with van der Waals surface area (Å²) < 4.78 is 11.7. The number of carbonyl (C=O) groups excluding carboxylic acids is 1. The SMILES string of the molecule is COc1cc(Cl)c2[nH]c(=O)c3sccc3c2c1-c1ccc(C(C)(C)NC(=O)OC(C)(C)C)cc1. The van der Waals surface area contributed by atoms with E-state index in [1.54, 1.807) is 13.2 Å². The molecule has 1 amide bonds. The number of pyridine rings is 1. The number of thiophene rings is 1. The van der Waals surface area contributed by atoms with Gasteiger partial charge in [0.1, 0.15) is 16.1 Å². The lowest BCUT2D eigenvalue weighted by atomic mass is 9.91.